The largest absolute Gasteiger partial charge is 0.369 e. The average molecular weight is 348 g/mol. The van der Waals surface area contributed by atoms with Gasteiger partial charge in [0.25, 0.3) is 0 Å². The predicted molar refractivity (Wildman–Crippen MR) is 97.0 cm³/mol. The van der Waals surface area contributed by atoms with Gasteiger partial charge in [-0.05, 0) is 18.7 Å². The Morgan fingerprint density at radius 1 is 1.21 bits per heavy atom. The Morgan fingerprint density at radius 3 is 2.67 bits per heavy atom. The van der Waals surface area contributed by atoms with E-state index >= 15 is 0 Å². The summed E-state index contributed by atoms with van der Waals surface area (Å²) in [7, 11) is 2.14. The zero-order valence-electron chi connectivity index (χ0n) is 14.0. The third-order valence-corrected chi connectivity index (χ3v) is 5.42. The van der Waals surface area contributed by atoms with Crippen LogP contribution in [-0.2, 0) is 16.1 Å². The van der Waals surface area contributed by atoms with Crippen LogP contribution in [0.15, 0.2) is 24.3 Å². The van der Waals surface area contributed by atoms with Crippen molar-refractivity contribution in [3.05, 3.63) is 29.8 Å². The number of carbonyl (C=O) groups is 2. The molecule has 6 nitrogen and oxygen atoms in total. The van der Waals surface area contributed by atoms with Crippen molar-refractivity contribution in [3.63, 3.8) is 0 Å². The number of para-hydroxylation sites is 1. The molecule has 1 N–H and O–H groups in total. The van der Waals surface area contributed by atoms with Gasteiger partial charge in [0, 0.05) is 38.4 Å². The van der Waals surface area contributed by atoms with Gasteiger partial charge >= 0.3 is 0 Å². The van der Waals surface area contributed by atoms with Gasteiger partial charge in [0.15, 0.2) is 0 Å². The molecule has 0 radical (unpaired) electrons. The second kappa shape index (κ2) is 7.90. The number of nitrogens with one attached hydrogen (secondary N) is 1. The summed E-state index contributed by atoms with van der Waals surface area (Å²) in [6, 6.07) is 8.22. The van der Waals surface area contributed by atoms with E-state index < -0.39 is 0 Å². The Labute approximate surface area is 147 Å². The predicted octanol–water partition coefficient (Wildman–Crippen LogP) is 0.588. The van der Waals surface area contributed by atoms with Gasteiger partial charge in [-0.3, -0.25) is 9.59 Å². The van der Waals surface area contributed by atoms with E-state index in [1.165, 1.54) is 5.69 Å². The molecule has 7 heteroatoms. The maximum absolute atomic E-state index is 12.1. The van der Waals surface area contributed by atoms with Gasteiger partial charge in [-0.15, -0.1) is 11.8 Å². The van der Waals surface area contributed by atoms with Crippen molar-refractivity contribution in [1.29, 1.82) is 0 Å². The first-order chi connectivity index (χ1) is 11.6. The topological polar surface area (TPSA) is 55.9 Å². The van der Waals surface area contributed by atoms with Gasteiger partial charge in [0.05, 0.1) is 11.6 Å². The fourth-order valence-corrected chi connectivity index (χ4v) is 3.88. The summed E-state index contributed by atoms with van der Waals surface area (Å²) >= 11 is 1.55. The normalized spacial score (nSPS) is 19.0. The molecule has 0 bridgehead atoms. The summed E-state index contributed by atoms with van der Waals surface area (Å²) in [5.74, 6) is 1.05. The third-order valence-electron chi connectivity index (χ3n) is 4.47. The van der Waals surface area contributed by atoms with E-state index in [0.29, 0.717) is 18.2 Å². The summed E-state index contributed by atoms with van der Waals surface area (Å²) < 4.78 is 0. The molecule has 1 aromatic rings. The van der Waals surface area contributed by atoms with Crippen LogP contribution >= 0.6 is 11.8 Å². The fraction of sp³-hybridized carbons (Fsp3) is 0.529. The molecule has 24 heavy (non-hydrogen) atoms. The number of rotatable bonds is 5. The van der Waals surface area contributed by atoms with Crippen molar-refractivity contribution in [1.82, 2.24) is 15.1 Å². The maximum atomic E-state index is 12.1. The molecule has 0 saturated carbocycles. The lowest BCUT2D eigenvalue weighted by atomic mass is 10.1. The number of carbonyl (C=O) groups excluding carboxylic acids is 2. The summed E-state index contributed by atoms with van der Waals surface area (Å²) in [5, 5.41) is 2.96. The number of thioether (sulfide) groups is 1. The Hall–Kier alpha value is -1.73. The van der Waals surface area contributed by atoms with Crippen molar-refractivity contribution in [2.45, 2.75) is 6.54 Å². The lowest BCUT2D eigenvalue weighted by Gasteiger charge is -2.35. The van der Waals surface area contributed by atoms with Crippen molar-refractivity contribution in [2.24, 2.45) is 0 Å². The summed E-state index contributed by atoms with van der Waals surface area (Å²) in [5.41, 5.74) is 2.32. The first kappa shape index (κ1) is 17.1. The number of hydrogen-bond donors (Lipinski definition) is 1. The molecule has 3 rings (SSSR count). The highest BCUT2D eigenvalue weighted by atomic mass is 32.2. The summed E-state index contributed by atoms with van der Waals surface area (Å²) in [4.78, 5) is 30.0. The number of piperazine rings is 1. The second-order valence-electron chi connectivity index (χ2n) is 6.27. The Balaban J connectivity index is 1.57. The number of hydrogen-bond acceptors (Lipinski definition) is 5. The molecule has 2 saturated heterocycles. The van der Waals surface area contributed by atoms with Crippen LogP contribution in [0.25, 0.3) is 0 Å². The highest BCUT2D eigenvalue weighted by molar-refractivity contribution is 8.00. The van der Waals surface area contributed by atoms with Crippen molar-refractivity contribution >= 4 is 29.3 Å². The minimum atomic E-state index is -0.0981. The minimum absolute atomic E-state index is 0.0491. The lowest BCUT2D eigenvalue weighted by Crippen LogP contribution is -2.45. The van der Waals surface area contributed by atoms with E-state index in [4.69, 9.17) is 0 Å². The van der Waals surface area contributed by atoms with Crippen LogP contribution < -0.4 is 10.2 Å². The molecule has 2 fully saturated rings. The Bertz CT molecular complexity index is 602. The molecular formula is C17H24N4O2S. The smallest absolute Gasteiger partial charge is 0.239 e. The molecule has 0 unspecified atom stereocenters. The van der Waals surface area contributed by atoms with Crippen LogP contribution in [-0.4, -0.2) is 73.0 Å². The van der Waals surface area contributed by atoms with Crippen LogP contribution in [0.5, 0.6) is 0 Å². The Morgan fingerprint density at radius 2 is 1.96 bits per heavy atom. The van der Waals surface area contributed by atoms with Crippen LogP contribution in [0.4, 0.5) is 5.69 Å². The molecule has 2 heterocycles. The number of nitrogens with zero attached hydrogens (tertiary/aromatic N) is 3. The van der Waals surface area contributed by atoms with E-state index in [-0.39, 0.29) is 18.4 Å². The van der Waals surface area contributed by atoms with Gasteiger partial charge in [-0.2, -0.15) is 0 Å². The molecule has 2 aliphatic rings. The fourth-order valence-electron chi connectivity index (χ4n) is 2.98. The van der Waals surface area contributed by atoms with Crippen LogP contribution in [0.3, 0.4) is 0 Å². The van der Waals surface area contributed by atoms with E-state index in [2.05, 4.69) is 34.3 Å². The lowest BCUT2D eigenvalue weighted by molar-refractivity contribution is -0.132. The molecule has 2 aliphatic heterocycles. The number of benzene rings is 1. The van der Waals surface area contributed by atoms with E-state index in [1.54, 1.807) is 16.7 Å². The van der Waals surface area contributed by atoms with Gasteiger partial charge in [0.1, 0.15) is 6.54 Å². The van der Waals surface area contributed by atoms with Gasteiger partial charge < -0.3 is 20.0 Å². The van der Waals surface area contributed by atoms with Crippen LogP contribution in [0.2, 0.25) is 0 Å². The summed E-state index contributed by atoms with van der Waals surface area (Å²) in [6.07, 6.45) is 0. The van der Waals surface area contributed by atoms with Crippen LogP contribution in [0, 0.1) is 0 Å². The third kappa shape index (κ3) is 4.21. The van der Waals surface area contributed by atoms with Crippen molar-refractivity contribution in [3.8, 4) is 0 Å². The maximum Gasteiger partial charge on any atom is 0.239 e. The van der Waals surface area contributed by atoms with Gasteiger partial charge in [0.2, 0.25) is 11.8 Å². The molecule has 130 valence electrons. The zero-order chi connectivity index (χ0) is 16.9. The molecule has 0 aliphatic carbocycles. The van der Waals surface area contributed by atoms with Crippen molar-refractivity contribution < 1.29 is 9.59 Å². The monoisotopic (exact) mass is 348 g/mol. The Kier molecular flexibility index (Phi) is 5.63. The number of likely N-dealkylation sites (N-methyl/N-ethyl adjacent to an activating group) is 1. The van der Waals surface area contributed by atoms with Crippen LogP contribution in [0.1, 0.15) is 5.56 Å². The van der Waals surface area contributed by atoms with Crippen molar-refractivity contribution in [2.75, 3.05) is 56.3 Å². The number of amides is 2. The SMILES string of the molecule is CN1CCN(c2ccccc2CNC(=O)CN2CSCC2=O)CC1. The standard InChI is InChI=1S/C17H24N4O2S/c1-19-6-8-20(9-7-19)15-5-3-2-4-14(15)10-18-16(22)11-21-13-24-12-17(21)23/h2-5H,6-13H2,1H3,(H,18,22). The molecule has 0 spiro atoms. The summed E-state index contributed by atoms with van der Waals surface area (Å²) in [6.45, 7) is 4.76. The quantitative estimate of drug-likeness (QED) is 0.844. The molecule has 0 aromatic heterocycles. The van der Waals surface area contributed by atoms with E-state index in [0.717, 1.165) is 31.7 Å². The molecule has 0 atom stereocenters. The highest BCUT2D eigenvalue weighted by Crippen LogP contribution is 2.21. The molecule has 2 amide bonds. The van der Waals surface area contributed by atoms with Gasteiger partial charge in [-0.25, -0.2) is 0 Å². The first-order valence-corrected chi connectivity index (χ1v) is 9.42. The van der Waals surface area contributed by atoms with Gasteiger partial charge in [-0.1, -0.05) is 18.2 Å². The van der Waals surface area contributed by atoms with E-state index in [1.807, 2.05) is 12.1 Å². The number of anilines is 1. The zero-order valence-corrected chi connectivity index (χ0v) is 14.8. The second-order valence-corrected chi connectivity index (χ2v) is 7.22. The molecular weight excluding hydrogens is 324 g/mol. The first-order valence-electron chi connectivity index (χ1n) is 8.27. The average Bonchev–Trinajstić information content (AvgIpc) is 2.99. The molecule has 1 aromatic carbocycles. The highest BCUT2D eigenvalue weighted by Gasteiger charge is 2.23. The van der Waals surface area contributed by atoms with E-state index in [9.17, 15) is 9.59 Å². The minimum Gasteiger partial charge on any atom is -0.369 e.